The first-order valence-corrected chi connectivity index (χ1v) is 7.50. The molecule has 6 heteroatoms. The minimum atomic E-state index is -0.855. The van der Waals surface area contributed by atoms with Crippen LogP contribution < -0.4 is 5.32 Å². The van der Waals surface area contributed by atoms with Gasteiger partial charge in [-0.3, -0.25) is 4.79 Å². The highest BCUT2D eigenvalue weighted by Crippen LogP contribution is 2.38. The molecule has 0 bridgehead atoms. The maximum atomic E-state index is 12.1. The van der Waals surface area contributed by atoms with Gasteiger partial charge >= 0.3 is 12.0 Å². The minimum Gasteiger partial charge on any atom is -0.481 e. The molecule has 0 atom stereocenters. The summed E-state index contributed by atoms with van der Waals surface area (Å²) in [5.41, 5.74) is -1.53. The van der Waals surface area contributed by atoms with Gasteiger partial charge < -0.3 is 20.4 Å². The van der Waals surface area contributed by atoms with Gasteiger partial charge in [0.15, 0.2) is 0 Å². The number of urea groups is 1. The van der Waals surface area contributed by atoms with Gasteiger partial charge in [-0.1, -0.05) is 6.92 Å². The lowest BCUT2D eigenvalue weighted by Crippen LogP contribution is -2.54. The normalized spacial score (nSPS) is 26.2. The topological polar surface area (TPSA) is 89.9 Å². The van der Waals surface area contributed by atoms with Crippen molar-refractivity contribution in [3.8, 4) is 0 Å². The molecule has 0 heterocycles. The average molecular weight is 300 g/mol. The van der Waals surface area contributed by atoms with E-state index in [4.69, 9.17) is 0 Å². The van der Waals surface area contributed by atoms with Crippen LogP contribution in [-0.2, 0) is 4.79 Å². The van der Waals surface area contributed by atoms with Gasteiger partial charge in [-0.05, 0) is 45.4 Å². The Morgan fingerprint density at radius 1 is 1.33 bits per heavy atom. The van der Waals surface area contributed by atoms with Crippen LogP contribution in [0.1, 0.15) is 46.5 Å². The van der Waals surface area contributed by atoms with Gasteiger partial charge in [0.25, 0.3) is 0 Å². The average Bonchev–Trinajstić information content (AvgIpc) is 2.45. The molecule has 2 amide bonds. The van der Waals surface area contributed by atoms with Crippen LogP contribution in [-0.4, -0.2) is 52.9 Å². The minimum absolute atomic E-state index is 0.139. The molecule has 1 aliphatic carbocycles. The van der Waals surface area contributed by atoms with E-state index in [0.29, 0.717) is 18.8 Å². The van der Waals surface area contributed by atoms with E-state index in [1.807, 2.05) is 0 Å². The van der Waals surface area contributed by atoms with E-state index < -0.39 is 16.9 Å². The number of hydrogen-bond acceptors (Lipinski definition) is 3. The highest BCUT2D eigenvalue weighted by Gasteiger charge is 2.42. The van der Waals surface area contributed by atoms with Crippen LogP contribution in [0.5, 0.6) is 0 Å². The number of aliphatic hydroxyl groups excluding tert-OH is 1. The van der Waals surface area contributed by atoms with Gasteiger partial charge in [0.2, 0.25) is 0 Å². The molecule has 21 heavy (non-hydrogen) atoms. The predicted octanol–water partition coefficient (Wildman–Crippen LogP) is 1.68. The summed E-state index contributed by atoms with van der Waals surface area (Å²) in [5, 5.41) is 21.5. The van der Waals surface area contributed by atoms with E-state index in [9.17, 15) is 19.8 Å². The molecule has 6 nitrogen and oxygen atoms in total. The number of aliphatic carboxylic acids is 1. The van der Waals surface area contributed by atoms with Crippen molar-refractivity contribution in [2.24, 2.45) is 11.3 Å². The van der Waals surface area contributed by atoms with Gasteiger partial charge in [0, 0.05) is 13.6 Å². The van der Waals surface area contributed by atoms with Gasteiger partial charge in [-0.15, -0.1) is 0 Å². The van der Waals surface area contributed by atoms with Crippen molar-refractivity contribution in [2.45, 2.75) is 52.0 Å². The fourth-order valence-corrected chi connectivity index (χ4v) is 2.53. The van der Waals surface area contributed by atoms with Crippen molar-refractivity contribution in [1.29, 1.82) is 0 Å². The first-order valence-electron chi connectivity index (χ1n) is 7.50. The van der Waals surface area contributed by atoms with Gasteiger partial charge in [-0.25, -0.2) is 4.79 Å². The van der Waals surface area contributed by atoms with Crippen LogP contribution in [0.3, 0.4) is 0 Å². The first-order chi connectivity index (χ1) is 9.64. The Bertz CT molecular complexity index is 387. The van der Waals surface area contributed by atoms with Crippen molar-refractivity contribution in [3.63, 3.8) is 0 Å². The van der Waals surface area contributed by atoms with Gasteiger partial charge in [-0.2, -0.15) is 0 Å². The number of carbonyl (C=O) groups is 2. The van der Waals surface area contributed by atoms with Crippen molar-refractivity contribution >= 4 is 12.0 Å². The van der Waals surface area contributed by atoms with Crippen molar-refractivity contribution in [1.82, 2.24) is 10.2 Å². The van der Waals surface area contributed by atoms with E-state index >= 15 is 0 Å². The van der Waals surface area contributed by atoms with Crippen LogP contribution in [0.4, 0.5) is 4.79 Å². The molecule has 1 fully saturated rings. The summed E-state index contributed by atoms with van der Waals surface area (Å²) in [6, 6.07) is -0.353. The monoisotopic (exact) mass is 300 g/mol. The van der Waals surface area contributed by atoms with Crippen molar-refractivity contribution in [2.75, 3.05) is 20.2 Å². The lowest BCUT2D eigenvalue weighted by atomic mass is 9.71. The molecule has 0 aromatic rings. The van der Waals surface area contributed by atoms with Crippen LogP contribution in [0.25, 0.3) is 0 Å². The maximum absolute atomic E-state index is 12.1. The molecule has 1 saturated carbocycles. The quantitative estimate of drug-likeness (QED) is 0.720. The highest BCUT2D eigenvalue weighted by atomic mass is 16.4. The second-order valence-corrected chi connectivity index (χ2v) is 6.96. The number of likely N-dealkylation sites (N-methyl/N-ethyl adjacent to an activating group) is 1. The van der Waals surface area contributed by atoms with Crippen LogP contribution >= 0.6 is 0 Å². The zero-order chi connectivity index (χ0) is 16.3. The Hall–Kier alpha value is -1.30. The lowest BCUT2D eigenvalue weighted by Gasteiger charge is -2.38. The summed E-state index contributed by atoms with van der Waals surface area (Å²) >= 11 is 0. The van der Waals surface area contributed by atoms with Gasteiger partial charge in [0.1, 0.15) is 0 Å². The van der Waals surface area contributed by atoms with Crippen molar-refractivity contribution in [3.05, 3.63) is 0 Å². The lowest BCUT2D eigenvalue weighted by molar-refractivity contribution is -0.151. The third-order valence-corrected chi connectivity index (χ3v) is 4.86. The number of aliphatic hydroxyl groups is 1. The van der Waals surface area contributed by atoms with E-state index in [0.717, 1.165) is 12.8 Å². The van der Waals surface area contributed by atoms with Gasteiger partial charge in [0.05, 0.1) is 17.6 Å². The Labute approximate surface area is 126 Å². The molecule has 0 radical (unpaired) electrons. The highest BCUT2D eigenvalue weighted by molar-refractivity contribution is 5.78. The van der Waals surface area contributed by atoms with E-state index in [2.05, 4.69) is 12.2 Å². The fraction of sp³-hybridized carbons (Fsp3) is 0.867. The molecular weight excluding hydrogens is 272 g/mol. The predicted molar refractivity (Wildman–Crippen MR) is 80.0 cm³/mol. The van der Waals surface area contributed by atoms with E-state index in [-0.39, 0.29) is 19.2 Å². The SMILES string of the molecule is CC1CCC(CNC(=O)N(C)C(C)(C)CO)(C(=O)O)CC1. The van der Waals surface area contributed by atoms with Crippen molar-refractivity contribution < 1.29 is 19.8 Å². The third kappa shape index (κ3) is 4.09. The fourth-order valence-electron chi connectivity index (χ4n) is 2.53. The number of nitrogens with zero attached hydrogens (tertiary/aromatic N) is 1. The summed E-state index contributed by atoms with van der Waals surface area (Å²) in [6.07, 6.45) is 2.94. The van der Waals surface area contributed by atoms with E-state index in [1.54, 1.807) is 20.9 Å². The Morgan fingerprint density at radius 2 is 1.86 bits per heavy atom. The number of carboxylic acid groups (broad SMARTS) is 1. The number of amides is 2. The zero-order valence-corrected chi connectivity index (χ0v) is 13.5. The van der Waals surface area contributed by atoms with Crippen LogP contribution in [0.2, 0.25) is 0 Å². The van der Waals surface area contributed by atoms with Crippen LogP contribution in [0.15, 0.2) is 0 Å². The molecule has 122 valence electrons. The second-order valence-electron chi connectivity index (χ2n) is 6.96. The summed E-state index contributed by atoms with van der Waals surface area (Å²) in [4.78, 5) is 25.2. The summed E-state index contributed by atoms with van der Waals surface area (Å²) in [6.45, 7) is 5.61. The molecular formula is C15H28N2O4. The Kier molecular flexibility index (Phi) is 5.61. The number of carbonyl (C=O) groups excluding carboxylic acids is 1. The number of nitrogens with one attached hydrogen (secondary N) is 1. The second kappa shape index (κ2) is 6.64. The molecule has 0 aromatic carbocycles. The molecule has 0 unspecified atom stereocenters. The molecule has 0 saturated heterocycles. The van der Waals surface area contributed by atoms with Crippen LogP contribution in [0, 0.1) is 11.3 Å². The third-order valence-electron chi connectivity index (χ3n) is 4.86. The summed E-state index contributed by atoms with van der Waals surface area (Å²) in [7, 11) is 1.60. The maximum Gasteiger partial charge on any atom is 0.317 e. The Balaban J connectivity index is 2.66. The largest absolute Gasteiger partial charge is 0.481 e. The van der Waals surface area contributed by atoms with E-state index in [1.165, 1.54) is 4.90 Å². The summed E-state index contributed by atoms with van der Waals surface area (Å²) < 4.78 is 0. The zero-order valence-electron chi connectivity index (χ0n) is 13.5. The Morgan fingerprint density at radius 3 is 2.29 bits per heavy atom. The smallest absolute Gasteiger partial charge is 0.317 e. The molecule has 1 rings (SSSR count). The summed E-state index contributed by atoms with van der Waals surface area (Å²) in [5.74, 6) is -0.289. The molecule has 0 aliphatic heterocycles. The first kappa shape index (κ1) is 17.8. The molecule has 3 N–H and O–H groups in total. The standard InChI is InChI=1S/C15H28N2O4/c1-11-5-7-15(8-6-11,12(19)20)9-16-13(21)17(4)14(2,3)10-18/h11,18H,5-10H2,1-4H3,(H,16,21)(H,19,20). The number of carboxylic acids is 1. The molecule has 0 spiro atoms. The molecule has 0 aromatic heterocycles. The number of rotatable bonds is 5. The molecule has 1 aliphatic rings. The number of hydrogen-bond donors (Lipinski definition) is 3.